The van der Waals surface area contributed by atoms with Gasteiger partial charge in [0.25, 0.3) is 0 Å². The number of fused-ring (bicyclic) bond motifs is 1. The number of benzene rings is 2. The molecule has 2 fully saturated rings. The minimum Gasteiger partial charge on any atom is -0.508 e. The van der Waals surface area contributed by atoms with Crippen molar-refractivity contribution < 1.29 is 5.11 Å². The van der Waals surface area contributed by atoms with Crippen LogP contribution in [0.3, 0.4) is 0 Å². The Morgan fingerprint density at radius 2 is 1.32 bits per heavy atom. The predicted molar refractivity (Wildman–Crippen MR) is 146 cm³/mol. The zero-order chi connectivity index (χ0) is 23.2. The van der Waals surface area contributed by atoms with Crippen molar-refractivity contribution in [2.45, 2.75) is 95.9 Å². The number of phenols is 1. The van der Waals surface area contributed by atoms with Crippen molar-refractivity contribution in [1.82, 2.24) is 4.98 Å². The largest absolute Gasteiger partial charge is 0.508 e. The summed E-state index contributed by atoms with van der Waals surface area (Å²) in [7, 11) is 0. The highest BCUT2D eigenvalue weighted by Gasteiger charge is 2.23. The molecule has 0 saturated heterocycles. The van der Waals surface area contributed by atoms with Gasteiger partial charge in [0.05, 0.1) is 10.2 Å². The highest BCUT2D eigenvalue weighted by molar-refractivity contribution is 7.21. The molecule has 4 heteroatoms. The van der Waals surface area contributed by atoms with Crippen molar-refractivity contribution in [3.63, 3.8) is 0 Å². The zero-order valence-corrected chi connectivity index (χ0v) is 21.3. The van der Waals surface area contributed by atoms with E-state index in [1.807, 2.05) is 6.07 Å². The number of thiazole rings is 1. The van der Waals surface area contributed by atoms with Gasteiger partial charge in [-0.2, -0.15) is 0 Å². The minimum absolute atomic E-state index is 0.299. The molecule has 2 aliphatic rings. The lowest BCUT2D eigenvalue weighted by Gasteiger charge is -2.29. The molecule has 0 bridgehead atoms. The second-order valence-electron chi connectivity index (χ2n) is 10.7. The highest BCUT2D eigenvalue weighted by Crippen LogP contribution is 2.36. The highest BCUT2D eigenvalue weighted by atomic mass is 32.1. The Morgan fingerprint density at radius 3 is 2.09 bits per heavy atom. The van der Waals surface area contributed by atoms with E-state index in [1.165, 1.54) is 95.6 Å². The van der Waals surface area contributed by atoms with E-state index in [0.717, 1.165) is 32.6 Å². The van der Waals surface area contributed by atoms with Crippen LogP contribution in [0.15, 0.2) is 42.5 Å². The first kappa shape index (κ1) is 23.7. The molecule has 1 aromatic heterocycles. The number of anilines is 1. The van der Waals surface area contributed by atoms with E-state index in [2.05, 4.69) is 29.6 Å². The first-order chi connectivity index (χ1) is 16.7. The molecule has 2 unspecified atom stereocenters. The Hall–Kier alpha value is -2.07. The fourth-order valence-electron chi connectivity index (χ4n) is 6.27. The monoisotopic (exact) mass is 476 g/mol. The zero-order valence-electron chi connectivity index (χ0n) is 20.5. The van der Waals surface area contributed by atoms with E-state index in [-0.39, 0.29) is 0 Å². The van der Waals surface area contributed by atoms with Gasteiger partial charge >= 0.3 is 0 Å². The van der Waals surface area contributed by atoms with Gasteiger partial charge in [-0.25, -0.2) is 4.98 Å². The molecule has 2 aliphatic carbocycles. The molecule has 182 valence electrons. The molecule has 2 atom stereocenters. The van der Waals surface area contributed by atoms with Crippen LogP contribution in [0, 0.1) is 11.8 Å². The third-order valence-corrected chi connectivity index (χ3v) is 9.26. The summed E-state index contributed by atoms with van der Waals surface area (Å²) in [6, 6.07) is 14.8. The minimum atomic E-state index is 0.299. The average molecular weight is 477 g/mol. The Balaban J connectivity index is 1.17. The van der Waals surface area contributed by atoms with Crippen LogP contribution < -0.4 is 5.32 Å². The topological polar surface area (TPSA) is 45.2 Å². The molecule has 2 aromatic carbocycles. The molecular weight excluding hydrogens is 436 g/mol. The maximum atomic E-state index is 9.73. The Kier molecular flexibility index (Phi) is 8.05. The van der Waals surface area contributed by atoms with Gasteiger partial charge in [0, 0.05) is 17.3 Å². The molecular formula is C30H40N2OS. The van der Waals surface area contributed by atoms with Crippen molar-refractivity contribution in [2.24, 2.45) is 11.8 Å². The maximum absolute atomic E-state index is 9.73. The lowest BCUT2D eigenvalue weighted by Crippen LogP contribution is -2.19. The van der Waals surface area contributed by atoms with E-state index in [4.69, 9.17) is 4.98 Å². The second kappa shape index (κ2) is 11.6. The standard InChI is InChI=1S/C30H40N2OS/c33-27-19-20-28-29(21-27)34-30(32-28)24-15-17-26(18-16-24)31-25-13-7-6-11-23(12-8-14-25)22-9-4-2-1-3-5-10-22/h15-23,25,31,33H,1-14H2. The third-order valence-electron chi connectivity index (χ3n) is 8.20. The van der Waals surface area contributed by atoms with Crippen LogP contribution >= 0.6 is 11.3 Å². The average Bonchev–Trinajstić information content (AvgIpc) is 3.27. The van der Waals surface area contributed by atoms with Gasteiger partial charge in [-0.1, -0.05) is 77.0 Å². The normalized spacial score (nSPS) is 23.4. The fraction of sp³-hybridized carbons (Fsp3) is 0.567. The Labute approximate surface area is 209 Å². The van der Waals surface area contributed by atoms with Crippen molar-refractivity contribution in [3.8, 4) is 16.3 Å². The number of aromatic hydroxyl groups is 1. The van der Waals surface area contributed by atoms with E-state index in [1.54, 1.807) is 23.5 Å². The molecule has 3 nitrogen and oxygen atoms in total. The summed E-state index contributed by atoms with van der Waals surface area (Å²) in [6.07, 6.45) is 20.0. The number of phenolic OH excluding ortho intramolecular Hbond substituents is 1. The van der Waals surface area contributed by atoms with Crippen molar-refractivity contribution in [3.05, 3.63) is 42.5 Å². The van der Waals surface area contributed by atoms with E-state index in [9.17, 15) is 5.11 Å². The summed E-state index contributed by atoms with van der Waals surface area (Å²) in [6.45, 7) is 0. The fourth-order valence-corrected chi connectivity index (χ4v) is 7.27. The molecule has 2 saturated carbocycles. The Bertz CT molecular complexity index is 1040. The quantitative estimate of drug-likeness (QED) is 0.394. The molecule has 1 heterocycles. The molecule has 0 radical (unpaired) electrons. The van der Waals surface area contributed by atoms with Gasteiger partial charge in [0.15, 0.2) is 0 Å². The van der Waals surface area contributed by atoms with Crippen molar-refractivity contribution in [1.29, 1.82) is 0 Å². The predicted octanol–water partition coefficient (Wildman–Crippen LogP) is 9.17. The molecule has 0 spiro atoms. The van der Waals surface area contributed by atoms with Crippen LogP contribution in [0.1, 0.15) is 89.9 Å². The van der Waals surface area contributed by atoms with Crippen LogP contribution in [-0.2, 0) is 0 Å². The SMILES string of the molecule is Oc1ccc2nc(-c3ccc(NC4CCCCC(C5CCCCCCC5)CCC4)cc3)sc2c1. The third kappa shape index (κ3) is 6.13. The molecule has 2 N–H and O–H groups in total. The van der Waals surface area contributed by atoms with E-state index >= 15 is 0 Å². The smallest absolute Gasteiger partial charge is 0.124 e. The van der Waals surface area contributed by atoms with Crippen LogP contribution in [0.5, 0.6) is 5.75 Å². The Morgan fingerprint density at radius 1 is 0.706 bits per heavy atom. The number of aromatic nitrogens is 1. The number of nitrogens with zero attached hydrogens (tertiary/aromatic N) is 1. The van der Waals surface area contributed by atoms with Gasteiger partial charge < -0.3 is 10.4 Å². The maximum Gasteiger partial charge on any atom is 0.124 e. The van der Waals surface area contributed by atoms with Crippen molar-refractivity contribution in [2.75, 3.05) is 5.32 Å². The summed E-state index contributed by atoms with van der Waals surface area (Å²) in [5.74, 6) is 2.28. The van der Waals surface area contributed by atoms with Gasteiger partial charge in [0.1, 0.15) is 10.8 Å². The molecule has 5 rings (SSSR count). The summed E-state index contributed by atoms with van der Waals surface area (Å²) >= 11 is 1.64. The van der Waals surface area contributed by atoms with E-state index < -0.39 is 0 Å². The van der Waals surface area contributed by atoms with Gasteiger partial charge in [0.2, 0.25) is 0 Å². The van der Waals surface area contributed by atoms with Crippen LogP contribution in [-0.4, -0.2) is 16.1 Å². The second-order valence-corrected chi connectivity index (χ2v) is 11.7. The molecule has 0 amide bonds. The summed E-state index contributed by atoms with van der Waals surface area (Å²) < 4.78 is 1.03. The lowest BCUT2D eigenvalue weighted by molar-refractivity contribution is 0.233. The summed E-state index contributed by atoms with van der Waals surface area (Å²) in [5.41, 5.74) is 3.31. The molecule has 34 heavy (non-hydrogen) atoms. The van der Waals surface area contributed by atoms with Gasteiger partial charge in [-0.05, 0) is 67.1 Å². The van der Waals surface area contributed by atoms with Crippen LogP contribution in [0.2, 0.25) is 0 Å². The van der Waals surface area contributed by atoms with E-state index in [0.29, 0.717) is 11.8 Å². The summed E-state index contributed by atoms with van der Waals surface area (Å²) in [5, 5.41) is 14.6. The van der Waals surface area contributed by atoms with Gasteiger partial charge in [-0.3, -0.25) is 0 Å². The lowest BCUT2D eigenvalue weighted by atomic mass is 9.77. The number of hydrogen-bond acceptors (Lipinski definition) is 4. The number of rotatable bonds is 4. The first-order valence-corrected chi connectivity index (χ1v) is 14.5. The number of nitrogens with one attached hydrogen (secondary N) is 1. The van der Waals surface area contributed by atoms with Crippen LogP contribution in [0.4, 0.5) is 5.69 Å². The number of hydrogen-bond donors (Lipinski definition) is 2. The van der Waals surface area contributed by atoms with Crippen LogP contribution in [0.25, 0.3) is 20.8 Å². The molecule has 0 aliphatic heterocycles. The first-order valence-electron chi connectivity index (χ1n) is 13.7. The van der Waals surface area contributed by atoms with Gasteiger partial charge in [-0.15, -0.1) is 11.3 Å². The summed E-state index contributed by atoms with van der Waals surface area (Å²) in [4.78, 5) is 4.75. The molecule has 3 aromatic rings. The van der Waals surface area contributed by atoms with Crippen molar-refractivity contribution >= 4 is 27.2 Å².